The third-order valence-electron chi connectivity index (χ3n) is 6.06. The van der Waals surface area contributed by atoms with Crippen LogP contribution in [-0.4, -0.2) is 27.0 Å². The Balaban J connectivity index is 1.43. The Kier molecular flexibility index (Phi) is 5.03. The number of aryl methyl sites for hydroxylation is 1. The minimum absolute atomic E-state index is 0.107. The fraction of sp³-hybridized carbons (Fsp3) is 0.208. The van der Waals surface area contributed by atoms with Crippen molar-refractivity contribution < 1.29 is 22.4 Å². The van der Waals surface area contributed by atoms with Gasteiger partial charge in [-0.1, -0.05) is 12.1 Å². The van der Waals surface area contributed by atoms with Gasteiger partial charge in [-0.25, -0.2) is 14.4 Å². The lowest BCUT2D eigenvalue weighted by molar-refractivity contribution is -0.140. The van der Waals surface area contributed by atoms with Gasteiger partial charge in [0, 0.05) is 31.0 Å². The standard InChI is InChI=1S/C24H19F4N5O/c1-32-11-16(21-22(29)30-12-31-23(21)32)14-3-5-19-15(10-14)6-7-33(19)20(34)9-13-2-4-18(25)17(8-13)24(26,27)28/h2-5,8,10-12H,6-7,9H2,1H3,(H2,29,30,31). The Morgan fingerprint density at radius 1 is 1.15 bits per heavy atom. The number of carbonyl (C=O) groups is 1. The lowest BCUT2D eigenvalue weighted by atomic mass is 10.0. The first-order valence-electron chi connectivity index (χ1n) is 10.5. The molecule has 0 radical (unpaired) electrons. The summed E-state index contributed by atoms with van der Waals surface area (Å²) in [6.45, 7) is 0.408. The number of amides is 1. The minimum atomic E-state index is -4.82. The van der Waals surface area contributed by atoms with E-state index in [0.29, 0.717) is 36.2 Å². The first-order chi connectivity index (χ1) is 16.1. The van der Waals surface area contributed by atoms with Gasteiger partial charge in [0.15, 0.2) is 0 Å². The highest BCUT2D eigenvalue weighted by Crippen LogP contribution is 2.37. The van der Waals surface area contributed by atoms with Crippen molar-refractivity contribution >= 4 is 28.4 Å². The van der Waals surface area contributed by atoms with Crippen molar-refractivity contribution in [3.8, 4) is 11.1 Å². The highest BCUT2D eigenvalue weighted by molar-refractivity contribution is 6.02. The Morgan fingerprint density at radius 3 is 2.71 bits per heavy atom. The Bertz CT molecular complexity index is 1440. The van der Waals surface area contributed by atoms with Crippen LogP contribution in [0.2, 0.25) is 0 Å². The van der Waals surface area contributed by atoms with E-state index in [1.165, 1.54) is 12.4 Å². The number of fused-ring (bicyclic) bond motifs is 2. The van der Waals surface area contributed by atoms with E-state index in [1.54, 1.807) is 4.90 Å². The minimum Gasteiger partial charge on any atom is -0.383 e. The predicted molar refractivity (Wildman–Crippen MR) is 120 cm³/mol. The van der Waals surface area contributed by atoms with Gasteiger partial charge < -0.3 is 15.2 Å². The number of hydrogen-bond acceptors (Lipinski definition) is 4. The molecule has 0 saturated carbocycles. The van der Waals surface area contributed by atoms with Gasteiger partial charge >= 0.3 is 6.18 Å². The fourth-order valence-electron chi connectivity index (χ4n) is 4.45. The zero-order chi connectivity index (χ0) is 24.2. The predicted octanol–water partition coefficient (Wildman–Crippen LogP) is 4.51. The fourth-order valence-corrected chi connectivity index (χ4v) is 4.45. The van der Waals surface area contributed by atoms with E-state index in [9.17, 15) is 22.4 Å². The van der Waals surface area contributed by atoms with E-state index in [-0.39, 0.29) is 17.9 Å². The molecule has 3 heterocycles. The summed E-state index contributed by atoms with van der Waals surface area (Å²) in [6.07, 6.45) is -1.16. The first kappa shape index (κ1) is 21.9. The number of carbonyl (C=O) groups excluding carboxylic acids is 1. The number of hydrogen-bond donors (Lipinski definition) is 1. The summed E-state index contributed by atoms with van der Waals surface area (Å²) in [7, 11) is 1.87. The average molecular weight is 469 g/mol. The molecule has 5 rings (SSSR count). The third kappa shape index (κ3) is 3.64. The molecule has 0 unspecified atom stereocenters. The van der Waals surface area contributed by atoms with Crippen molar-refractivity contribution in [2.75, 3.05) is 17.2 Å². The first-order valence-corrected chi connectivity index (χ1v) is 10.5. The van der Waals surface area contributed by atoms with Crippen molar-refractivity contribution in [1.82, 2.24) is 14.5 Å². The zero-order valence-corrected chi connectivity index (χ0v) is 18.0. The number of halogens is 4. The molecule has 4 aromatic rings. The van der Waals surface area contributed by atoms with Crippen LogP contribution in [-0.2, 0) is 30.9 Å². The van der Waals surface area contributed by atoms with Gasteiger partial charge in [0.25, 0.3) is 0 Å². The molecule has 0 saturated heterocycles. The molecule has 34 heavy (non-hydrogen) atoms. The number of benzene rings is 2. The monoisotopic (exact) mass is 469 g/mol. The Labute approximate surface area is 191 Å². The molecule has 10 heteroatoms. The summed E-state index contributed by atoms with van der Waals surface area (Å²) in [4.78, 5) is 22.8. The van der Waals surface area contributed by atoms with Gasteiger partial charge in [-0.05, 0) is 47.4 Å². The molecule has 2 aromatic carbocycles. The van der Waals surface area contributed by atoms with E-state index < -0.39 is 17.6 Å². The van der Waals surface area contributed by atoms with Crippen LogP contribution >= 0.6 is 0 Å². The molecule has 0 atom stereocenters. The smallest absolute Gasteiger partial charge is 0.383 e. The lowest BCUT2D eigenvalue weighted by Gasteiger charge is -2.18. The summed E-state index contributed by atoms with van der Waals surface area (Å²) in [5.74, 6) is -1.34. The van der Waals surface area contributed by atoms with Crippen LogP contribution in [0.3, 0.4) is 0 Å². The van der Waals surface area contributed by atoms with Gasteiger partial charge in [-0.2, -0.15) is 13.2 Å². The van der Waals surface area contributed by atoms with Crippen molar-refractivity contribution in [3.63, 3.8) is 0 Å². The van der Waals surface area contributed by atoms with Crippen LogP contribution in [0.4, 0.5) is 29.1 Å². The van der Waals surface area contributed by atoms with Crippen molar-refractivity contribution in [1.29, 1.82) is 0 Å². The van der Waals surface area contributed by atoms with Crippen molar-refractivity contribution in [2.24, 2.45) is 7.05 Å². The van der Waals surface area contributed by atoms with Gasteiger partial charge in [-0.15, -0.1) is 0 Å². The molecule has 2 aromatic heterocycles. The van der Waals surface area contributed by atoms with Gasteiger partial charge in [0.2, 0.25) is 5.91 Å². The average Bonchev–Trinajstić information content (AvgIpc) is 3.36. The number of nitrogens with two attached hydrogens (primary N) is 1. The molecule has 6 nitrogen and oxygen atoms in total. The number of aromatic nitrogens is 3. The molecule has 1 aliphatic heterocycles. The maximum atomic E-state index is 13.6. The number of alkyl halides is 3. The Hall–Kier alpha value is -3.95. The molecule has 1 aliphatic rings. The summed E-state index contributed by atoms with van der Waals surface area (Å²) in [5.41, 5.74) is 8.94. The van der Waals surface area contributed by atoms with Crippen LogP contribution in [0.5, 0.6) is 0 Å². The number of rotatable bonds is 3. The highest BCUT2D eigenvalue weighted by Gasteiger charge is 2.34. The van der Waals surface area contributed by atoms with Crippen LogP contribution in [0.1, 0.15) is 16.7 Å². The second-order valence-electron chi connectivity index (χ2n) is 8.24. The SMILES string of the molecule is Cn1cc(-c2ccc3c(c2)CCN3C(=O)Cc2ccc(F)c(C(F)(F)F)c2)c2c(N)ncnc21. The quantitative estimate of drug-likeness (QED) is 0.448. The molecule has 174 valence electrons. The van der Waals surface area contributed by atoms with Gasteiger partial charge in [-0.3, -0.25) is 4.79 Å². The Morgan fingerprint density at radius 2 is 1.94 bits per heavy atom. The van der Waals surface area contributed by atoms with E-state index >= 15 is 0 Å². The molecule has 0 bridgehead atoms. The molecule has 0 fully saturated rings. The largest absolute Gasteiger partial charge is 0.419 e. The third-order valence-corrected chi connectivity index (χ3v) is 6.06. The van der Waals surface area contributed by atoms with E-state index in [1.807, 2.05) is 36.0 Å². The molecule has 0 spiro atoms. The summed E-state index contributed by atoms with van der Waals surface area (Å²) in [5, 5.41) is 0.743. The van der Waals surface area contributed by atoms with Gasteiger partial charge in [0.1, 0.15) is 23.6 Å². The van der Waals surface area contributed by atoms with Crippen molar-refractivity contribution in [2.45, 2.75) is 19.0 Å². The van der Waals surface area contributed by atoms with Crippen LogP contribution in [0.25, 0.3) is 22.2 Å². The summed E-state index contributed by atoms with van der Waals surface area (Å²) >= 11 is 0. The zero-order valence-electron chi connectivity index (χ0n) is 18.0. The van der Waals surface area contributed by atoms with Crippen LogP contribution in [0.15, 0.2) is 48.9 Å². The highest BCUT2D eigenvalue weighted by atomic mass is 19.4. The van der Waals surface area contributed by atoms with E-state index in [2.05, 4.69) is 9.97 Å². The molecule has 1 amide bonds. The van der Waals surface area contributed by atoms with Gasteiger partial charge in [0.05, 0.1) is 17.4 Å². The summed E-state index contributed by atoms with van der Waals surface area (Å²) in [6, 6.07) is 8.31. The molecular weight excluding hydrogens is 450 g/mol. The molecule has 2 N–H and O–H groups in total. The normalized spacial score (nSPS) is 13.5. The number of anilines is 2. The molecule has 0 aliphatic carbocycles. The second-order valence-corrected chi connectivity index (χ2v) is 8.24. The molecular formula is C24H19F4N5O. The maximum absolute atomic E-state index is 13.6. The van der Waals surface area contributed by atoms with Crippen molar-refractivity contribution in [3.05, 3.63) is 71.4 Å². The lowest BCUT2D eigenvalue weighted by Crippen LogP contribution is -2.30. The van der Waals surface area contributed by atoms with Crippen LogP contribution < -0.4 is 10.6 Å². The van der Waals surface area contributed by atoms with Crippen LogP contribution in [0, 0.1) is 5.82 Å². The maximum Gasteiger partial charge on any atom is 0.419 e. The topological polar surface area (TPSA) is 77.0 Å². The van der Waals surface area contributed by atoms with E-state index in [4.69, 9.17) is 5.73 Å². The van der Waals surface area contributed by atoms with E-state index in [0.717, 1.165) is 28.1 Å². The number of nitrogen functional groups attached to an aromatic ring is 1. The summed E-state index contributed by atoms with van der Waals surface area (Å²) < 4.78 is 54.5. The second kappa shape index (κ2) is 7.82. The number of nitrogens with zero attached hydrogens (tertiary/aromatic N) is 4.